The van der Waals surface area contributed by atoms with Crippen LogP contribution in [0.2, 0.25) is 5.02 Å². The molecule has 206 valence electrons. The maximum atomic E-state index is 15.1. The van der Waals surface area contributed by atoms with Crippen LogP contribution in [0.1, 0.15) is 54.9 Å². The Kier molecular flexibility index (Phi) is 8.73. The summed E-state index contributed by atoms with van der Waals surface area (Å²) in [7, 11) is 0. The maximum absolute atomic E-state index is 15.1. The Morgan fingerprint density at radius 3 is 2.62 bits per heavy atom. The molecule has 1 aliphatic carbocycles. The highest BCUT2D eigenvalue weighted by atomic mass is 35.5. The van der Waals surface area contributed by atoms with E-state index in [0.29, 0.717) is 13.0 Å². The van der Waals surface area contributed by atoms with Gasteiger partial charge in [0.15, 0.2) is 11.6 Å². The zero-order valence-corrected chi connectivity index (χ0v) is 22.9. The Bertz CT molecular complexity index is 1320. The molecule has 4 nitrogen and oxygen atoms in total. The number of phenols is 1. The van der Waals surface area contributed by atoms with Crippen molar-refractivity contribution < 1.29 is 23.4 Å². The first-order chi connectivity index (χ1) is 19.0. The van der Waals surface area contributed by atoms with E-state index in [0.717, 1.165) is 84.5 Å². The normalized spacial score (nSPS) is 17.7. The number of aryl methyl sites for hydroxylation is 1. The Morgan fingerprint density at radius 1 is 1.05 bits per heavy atom. The van der Waals surface area contributed by atoms with Gasteiger partial charge in [0.25, 0.3) is 0 Å². The molecule has 0 radical (unpaired) electrons. The number of nitrogens with zero attached hydrogens (tertiary/aromatic N) is 1. The highest BCUT2D eigenvalue weighted by molar-refractivity contribution is 6.32. The minimum atomic E-state index is -0.484. The molecule has 1 saturated heterocycles. The number of hydrogen-bond acceptors (Lipinski definition) is 4. The predicted molar refractivity (Wildman–Crippen MR) is 152 cm³/mol. The minimum absolute atomic E-state index is 0.0701. The van der Waals surface area contributed by atoms with E-state index in [1.807, 2.05) is 36.4 Å². The van der Waals surface area contributed by atoms with E-state index in [1.165, 1.54) is 6.07 Å². The predicted octanol–water partition coefficient (Wildman–Crippen LogP) is 7.69. The topological polar surface area (TPSA) is 41.9 Å². The number of hydrogen-bond donors (Lipinski definition) is 1. The van der Waals surface area contributed by atoms with E-state index in [-0.39, 0.29) is 29.3 Å². The number of fused-ring (bicyclic) bond motifs is 1. The number of halogens is 3. The van der Waals surface area contributed by atoms with Gasteiger partial charge in [-0.05, 0) is 109 Å². The Labute approximate surface area is 233 Å². The Hall–Kier alpha value is -3.09. The van der Waals surface area contributed by atoms with Crippen molar-refractivity contribution in [1.29, 1.82) is 0 Å². The van der Waals surface area contributed by atoms with Crippen LogP contribution >= 0.6 is 11.6 Å². The van der Waals surface area contributed by atoms with Crippen LogP contribution in [0.3, 0.4) is 0 Å². The molecule has 7 heteroatoms. The van der Waals surface area contributed by atoms with Crippen molar-refractivity contribution in [2.24, 2.45) is 0 Å². The van der Waals surface area contributed by atoms with Gasteiger partial charge in [0.05, 0.1) is 18.3 Å². The van der Waals surface area contributed by atoms with E-state index in [1.54, 1.807) is 19.1 Å². The third-order valence-electron chi connectivity index (χ3n) is 7.45. The molecule has 0 saturated carbocycles. The number of likely N-dealkylation sites (tertiary alicyclic amines) is 1. The van der Waals surface area contributed by atoms with Crippen molar-refractivity contribution in [2.75, 3.05) is 32.9 Å². The third-order valence-corrected chi connectivity index (χ3v) is 7.73. The number of ether oxygens (including phenoxy) is 2. The number of alkyl halides is 1. The summed E-state index contributed by atoms with van der Waals surface area (Å²) >= 11 is 6.47. The summed E-state index contributed by atoms with van der Waals surface area (Å²) in [6.07, 6.45) is 3.94. The fourth-order valence-corrected chi connectivity index (χ4v) is 5.94. The number of benzene rings is 3. The largest absolute Gasteiger partial charge is 0.508 e. The van der Waals surface area contributed by atoms with Crippen molar-refractivity contribution in [3.05, 3.63) is 87.7 Å². The molecule has 2 aliphatic rings. The number of rotatable bonds is 9. The summed E-state index contributed by atoms with van der Waals surface area (Å²) in [6, 6.07) is 16.8. The van der Waals surface area contributed by atoms with Crippen LogP contribution in [-0.2, 0) is 6.42 Å². The average Bonchev–Trinajstić information content (AvgIpc) is 3.28. The van der Waals surface area contributed by atoms with Crippen LogP contribution in [0.25, 0.3) is 11.1 Å². The quantitative estimate of drug-likeness (QED) is 0.295. The summed E-state index contributed by atoms with van der Waals surface area (Å²) in [5, 5.41) is 10.4. The van der Waals surface area contributed by atoms with E-state index >= 15 is 4.39 Å². The molecule has 39 heavy (non-hydrogen) atoms. The van der Waals surface area contributed by atoms with E-state index in [9.17, 15) is 9.50 Å². The molecule has 0 unspecified atom stereocenters. The lowest BCUT2D eigenvalue weighted by Crippen LogP contribution is -2.26. The lowest BCUT2D eigenvalue weighted by atomic mass is 9.87. The third kappa shape index (κ3) is 6.23. The fourth-order valence-electron chi connectivity index (χ4n) is 5.68. The van der Waals surface area contributed by atoms with Gasteiger partial charge >= 0.3 is 0 Å². The molecular formula is C32H34ClF2NO3. The summed E-state index contributed by atoms with van der Waals surface area (Å²) in [4.78, 5) is 2.24. The second-order valence-corrected chi connectivity index (χ2v) is 10.6. The maximum Gasteiger partial charge on any atom is 0.173 e. The molecule has 1 fully saturated rings. The molecule has 1 atom stereocenters. The Balaban J connectivity index is 1.51. The van der Waals surface area contributed by atoms with Crippen LogP contribution in [0.15, 0.2) is 54.6 Å². The summed E-state index contributed by atoms with van der Waals surface area (Å²) < 4.78 is 39.3. The second-order valence-electron chi connectivity index (χ2n) is 10.1. The zero-order valence-electron chi connectivity index (χ0n) is 22.2. The number of allylic oxidation sites excluding steroid dienone is 1. The van der Waals surface area contributed by atoms with Gasteiger partial charge in [0.2, 0.25) is 0 Å². The standard InChI is InChI=1S/C32H34ClF2NO3/c1-2-38-32-29(33)18-23(19-30(32)35)27-6-3-5-22-17-24(37)9-12-28(22)31(27)21-7-10-25(11-8-21)39-26-13-16-36(20-26)15-4-14-34/h7-12,17-19,26,37H,2-6,13-16,20H2,1H3/t26-/m0/s1. The van der Waals surface area contributed by atoms with E-state index in [2.05, 4.69) is 4.90 Å². The van der Waals surface area contributed by atoms with Gasteiger partial charge in [-0.1, -0.05) is 29.8 Å². The van der Waals surface area contributed by atoms with Gasteiger partial charge in [0.1, 0.15) is 17.6 Å². The molecule has 1 N–H and O–H groups in total. The fraction of sp³-hybridized carbons (Fsp3) is 0.375. The number of aromatic hydroxyl groups is 1. The molecule has 0 aromatic heterocycles. The molecule has 1 heterocycles. The molecule has 0 amide bonds. The smallest absolute Gasteiger partial charge is 0.173 e. The van der Waals surface area contributed by atoms with Gasteiger partial charge in [0, 0.05) is 19.6 Å². The highest BCUT2D eigenvalue weighted by Gasteiger charge is 2.25. The molecule has 5 rings (SSSR count). The molecule has 3 aromatic rings. The van der Waals surface area contributed by atoms with Crippen molar-refractivity contribution in [2.45, 2.75) is 45.1 Å². The average molecular weight is 554 g/mol. The van der Waals surface area contributed by atoms with Crippen LogP contribution in [-0.4, -0.2) is 49.0 Å². The minimum Gasteiger partial charge on any atom is -0.508 e. The van der Waals surface area contributed by atoms with Crippen LogP contribution in [0.5, 0.6) is 17.2 Å². The van der Waals surface area contributed by atoms with Gasteiger partial charge in [-0.2, -0.15) is 0 Å². The molecule has 3 aromatic carbocycles. The SMILES string of the molecule is CCOc1c(F)cc(C2=C(c3ccc(O[C@H]4CCN(CCCF)C4)cc3)c3ccc(O)cc3CCC2)cc1Cl. The molecule has 1 aliphatic heterocycles. The molecule has 0 spiro atoms. The highest BCUT2D eigenvalue weighted by Crippen LogP contribution is 2.43. The van der Waals surface area contributed by atoms with Crippen molar-refractivity contribution in [3.63, 3.8) is 0 Å². The van der Waals surface area contributed by atoms with Crippen molar-refractivity contribution in [3.8, 4) is 17.2 Å². The summed E-state index contributed by atoms with van der Waals surface area (Å²) in [5.74, 6) is 0.600. The van der Waals surface area contributed by atoms with Gasteiger partial charge in [-0.15, -0.1) is 0 Å². The summed E-state index contributed by atoms with van der Waals surface area (Å²) in [6.45, 7) is 4.31. The van der Waals surface area contributed by atoms with Crippen molar-refractivity contribution >= 4 is 22.7 Å². The second kappa shape index (κ2) is 12.4. The monoisotopic (exact) mass is 553 g/mol. The molecular weight excluding hydrogens is 520 g/mol. The first-order valence-corrected chi connectivity index (χ1v) is 14.1. The van der Waals surface area contributed by atoms with Gasteiger partial charge in [-0.25, -0.2) is 4.39 Å². The summed E-state index contributed by atoms with van der Waals surface area (Å²) in [5.41, 5.74) is 5.75. The van der Waals surface area contributed by atoms with Crippen LogP contribution in [0.4, 0.5) is 8.78 Å². The number of phenolic OH excluding ortho intramolecular Hbond substituents is 1. The van der Waals surface area contributed by atoms with Crippen molar-refractivity contribution in [1.82, 2.24) is 4.90 Å². The molecule has 0 bridgehead atoms. The lowest BCUT2D eigenvalue weighted by molar-refractivity contribution is 0.198. The van der Waals surface area contributed by atoms with E-state index in [4.69, 9.17) is 21.1 Å². The first kappa shape index (κ1) is 27.5. The van der Waals surface area contributed by atoms with Gasteiger partial charge < -0.3 is 14.6 Å². The first-order valence-electron chi connectivity index (χ1n) is 13.7. The van der Waals surface area contributed by atoms with Gasteiger partial charge in [-0.3, -0.25) is 9.29 Å². The zero-order chi connectivity index (χ0) is 27.4. The van der Waals surface area contributed by atoms with E-state index < -0.39 is 5.82 Å². The van der Waals surface area contributed by atoms with Crippen LogP contribution < -0.4 is 9.47 Å². The lowest BCUT2D eigenvalue weighted by Gasteiger charge is -2.19. The van der Waals surface area contributed by atoms with Crippen LogP contribution in [0, 0.1) is 5.82 Å². The Morgan fingerprint density at radius 2 is 1.87 bits per heavy atom.